The van der Waals surface area contributed by atoms with E-state index >= 15 is 0 Å². The molecule has 0 bridgehead atoms. The summed E-state index contributed by atoms with van der Waals surface area (Å²) in [5.74, 6) is 0.112. The average molecular weight is 245 g/mol. The first-order valence-electron chi connectivity index (χ1n) is 6.65. The Balaban J connectivity index is 1.60. The van der Waals surface area contributed by atoms with Crippen molar-refractivity contribution in [3.8, 4) is 0 Å². The summed E-state index contributed by atoms with van der Waals surface area (Å²) in [4.78, 5) is 13.5. The standard InChI is InChI=1S/C14H19N3O/c18-14-10-17(8-7-15-14)13-5-1-11(2-6-13)9-16-12-3-4-12/h1-2,5-6,12,16H,3-4,7-10H2,(H,15,18). The molecule has 4 heteroatoms. The molecule has 1 saturated carbocycles. The number of amides is 1. The van der Waals surface area contributed by atoms with Gasteiger partial charge >= 0.3 is 0 Å². The first-order valence-corrected chi connectivity index (χ1v) is 6.65. The average Bonchev–Trinajstić information content (AvgIpc) is 3.21. The zero-order valence-electron chi connectivity index (χ0n) is 10.5. The van der Waals surface area contributed by atoms with Gasteiger partial charge in [0.05, 0.1) is 6.54 Å². The van der Waals surface area contributed by atoms with Crippen molar-refractivity contribution < 1.29 is 4.79 Å². The zero-order chi connectivity index (χ0) is 12.4. The molecule has 1 aliphatic heterocycles. The molecule has 1 aliphatic carbocycles. The van der Waals surface area contributed by atoms with Crippen molar-refractivity contribution in [3.05, 3.63) is 29.8 Å². The van der Waals surface area contributed by atoms with E-state index in [4.69, 9.17) is 0 Å². The van der Waals surface area contributed by atoms with E-state index in [0.29, 0.717) is 6.54 Å². The number of nitrogens with one attached hydrogen (secondary N) is 2. The van der Waals surface area contributed by atoms with Crippen LogP contribution in [0.15, 0.2) is 24.3 Å². The fourth-order valence-corrected chi connectivity index (χ4v) is 2.23. The van der Waals surface area contributed by atoms with Crippen LogP contribution in [0.2, 0.25) is 0 Å². The van der Waals surface area contributed by atoms with E-state index in [1.807, 2.05) is 0 Å². The minimum absolute atomic E-state index is 0.112. The van der Waals surface area contributed by atoms with Gasteiger partial charge in [0.1, 0.15) is 0 Å². The Morgan fingerprint density at radius 1 is 1.28 bits per heavy atom. The molecule has 2 aliphatic rings. The quantitative estimate of drug-likeness (QED) is 0.827. The number of rotatable bonds is 4. The molecule has 1 aromatic carbocycles. The van der Waals surface area contributed by atoms with Crippen LogP contribution in [-0.4, -0.2) is 31.6 Å². The second kappa shape index (κ2) is 4.98. The van der Waals surface area contributed by atoms with E-state index in [1.54, 1.807) is 0 Å². The molecule has 1 aromatic rings. The minimum atomic E-state index is 0.112. The third-order valence-electron chi connectivity index (χ3n) is 3.51. The summed E-state index contributed by atoms with van der Waals surface area (Å²) < 4.78 is 0. The molecule has 0 aromatic heterocycles. The van der Waals surface area contributed by atoms with Crippen molar-refractivity contribution in [1.29, 1.82) is 0 Å². The van der Waals surface area contributed by atoms with Gasteiger partial charge in [-0.3, -0.25) is 4.79 Å². The fourth-order valence-electron chi connectivity index (χ4n) is 2.23. The van der Waals surface area contributed by atoms with Gasteiger partial charge in [-0.25, -0.2) is 0 Å². The molecule has 2 N–H and O–H groups in total. The molecule has 3 rings (SSSR count). The van der Waals surface area contributed by atoms with Gasteiger partial charge in [-0.15, -0.1) is 0 Å². The zero-order valence-corrected chi connectivity index (χ0v) is 10.5. The summed E-state index contributed by atoms with van der Waals surface area (Å²) >= 11 is 0. The predicted octanol–water partition coefficient (Wildman–Crippen LogP) is 0.875. The van der Waals surface area contributed by atoms with E-state index in [0.717, 1.165) is 31.4 Å². The van der Waals surface area contributed by atoms with Crippen LogP contribution in [0, 0.1) is 0 Å². The van der Waals surface area contributed by atoms with E-state index in [-0.39, 0.29) is 5.91 Å². The minimum Gasteiger partial charge on any atom is -0.360 e. The van der Waals surface area contributed by atoms with Crippen molar-refractivity contribution in [1.82, 2.24) is 10.6 Å². The fraction of sp³-hybridized carbons (Fsp3) is 0.500. The molecule has 1 amide bonds. The molecule has 0 radical (unpaired) electrons. The van der Waals surface area contributed by atoms with Gasteiger partial charge in [-0.05, 0) is 30.5 Å². The predicted molar refractivity (Wildman–Crippen MR) is 71.5 cm³/mol. The molecule has 0 atom stereocenters. The first-order chi connectivity index (χ1) is 8.81. The maximum absolute atomic E-state index is 11.3. The van der Waals surface area contributed by atoms with Crippen molar-refractivity contribution in [3.63, 3.8) is 0 Å². The van der Waals surface area contributed by atoms with Crippen molar-refractivity contribution in [2.45, 2.75) is 25.4 Å². The SMILES string of the molecule is O=C1CN(c2ccc(CNC3CC3)cc2)CCN1. The monoisotopic (exact) mass is 245 g/mol. The maximum Gasteiger partial charge on any atom is 0.239 e. The van der Waals surface area contributed by atoms with Crippen LogP contribution in [0.3, 0.4) is 0 Å². The Kier molecular flexibility index (Phi) is 3.19. The molecule has 1 saturated heterocycles. The van der Waals surface area contributed by atoms with Gasteiger partial charge in [0, 0.05) is 31.4 Å². The number of nitrogens with zero attached hydrogens (tertiary/aromatic N) is 1. The lowest BCUT2D eigenvalue weighted by molar-refractivity contribution is -0.120. The van der Waals surface area contributed by atoms with Crippen LogP contribution < -0.4 is 15.5 Å². The smallest absolute Gasteiger partial charge is 0.239 e. The van der Waals surface area contributed by atoms with E-state index < -0.39 is 0 Å². The molecule has 18 heavy (non-hydrogen) atoms. The summed E-state index contributed by atoms with van der Waals surface area (Å²) in [5.41, 5.74) is 2.45. The highest BCUT2D eigenvalue weighted by Gasteiger charge is 2.20. The van der Waals surface area contributed by atoms with Gasteiger partial charge in [-0.2, -0.15) is 0 Å². The van der Waals surface area contributed by atoms with Crippen molar-refractivity contribution in [2.24, 2.45) is 0 Å². The summed E-state index contributed by atoms with van der Waals surface area (Å²) in [6, 6.07) is 9.27. The van der Waals surface area contributed by atoms with Gasteiger partial charge < -0.3 is 15.5 Å². The van der Waals surface area contributed by atoms with Gasteiger partial charge in [0.2, 0.25) is 5.91 Å². The molecule has 0 unspecified atom stereocenters. The van der Waals surface area contributed by atoms with E-state index in [1.165, 1.54) is 18.4 Å². The van der Waals surface area contributed by atoms with Gasteiger partial charge in [-0.1, -0.05) is 12.1 Å². The lowest BCUT2D eigenvalue weighted by atomic mass is 10.2. The van der Waals surface area contributed by atoms with Crippen molar-refractivity contribution >= 4 is 11.6 Å². The van der Waals surface area contributed by atoms with Crippen LogP contribution in [0.4, 0.5) is 5.69 Å². The second-order valence-electron chi connectivity index (χ2n) is 5.09. The molecular weight excluding hydrogens is 226 g/mol. The number of carbonyl (C=O) groups is 1. The number of hydrogen-bond acceptors (Lipinski definition) is 3. The van der Waals surface area contributed by atoms with Crippen LogP contribution in [-0.2, 0) is 11.3 Å². The number of carbonyl (C=O) groups excluding carboxylic acids is 1. The van der Waals surface area contributed by atoms with Crippen LogP contribution in [0.25, 0.3) is 0 Å². The number of piperazine rings is 1. The highest BCUT2D eigenvalue weighted by Crippen LogP contribution is 2.20. The second-order valence-corrected chi connectivity index (χ2v) is 5.09. The highest BCUT2D eigenvalue weighted by atomic mass is 16.2. The van der Waals surface area contributed by atoms with Crippen molar-refractivity contribution in [2.75, 3.05) is 24.5 Å². The lowest BCUT2D eigenvalue weighted by Crippen LogP contribution is -2.47. The first kappa shape index (κ1) is 11.5. The third kappa shape index (κ3) is 2.82. The number of benzene rings is 1. The number of hydrogen-bond donors (Lipinski definition) is 2. The lowest BCUT2D eigenvalue weighted by Gasteiger charge is -2.28. The third-order valence-corrected chi connectivity index (χ3v) is 3.51. The van der Waals surface area contributed by atoms with Gasteiger partial charge in [0.15, 0.2) is 0 Å². The summed E-state index contributed by atoms with van der Waals surface area (Å²) in [6.45, 7) is 3.06. The van der Waals surface area contributed by atoms with Crippen LogP contribution in [0.1, 0.15) is 18.4 Å². The van der Waals surface area contributed by atoms with Crippen LogP contribution in [0.5, 0.6) is 0 Å². The Labute approximate surface area is 107 Å². The largest absolute Gasteiger partial charge is 0.360 e. The van der Waals surface area contributed by atoms with E-state index in [9.17, 15) is 4.79 Å². The van der Waals surface area contributed by atoms with E-state index in [2.05, 4.69) is 39.8 Å². The normalized spacial score (nSPS) is 19.8. The maximum atomic E-state index is 11.3. The van der Waals surface area contributed by atoms with Gasteiger partial charge in [0.25, 0.3) is 0 Å². The topological polar surface area (TPSA) is 44.4 Å². The Morgan fingerprint density at radius 3 is 2.72 bits per heavy atom. The Hall–Kier alpha value is -1.55. The summed E-state index contributed by atoms with van der Waals surface area (Å²) in [6.07, 6.45) is 2.64. The highest BCUT2D eigenvalue weighted by molar-refractivity contribution is 5.82. The molecular formula is C14H19N3O. The summed E-state index contributed by atoms with van der Waals surface area (Å²) in [5, 5.41) is 6.34. The van der Waals surface area contributed by atoms with Crippen LogP contribution >= 0.6 is 0 Å². The Bertz CT molecular complexity index is 425. The summed E-state index contributed by atoms with van der Waals surface area (Å²) in [7, 11) is 0. The molecule has 1 heterocycles. The molecule has 2 fully saturated rings. The number of anilines is 1. The molecule has 4 nitrogen and oxygen atoms in total. The Morgan fingerprint density at radius 2 is 2.06 bits per heavy atom. The molecule has 96 valence electrons. The molecule has 0 spiro atoms.